The van der Waals surface area contributed by atoms with Crippen molar-refractivity contribution in [2.75, 3.05) is 64.9 Å². The molecule has 0 aromatic heterocycles. The zero-order valence-corrected chi connectivity index (χ0v) is 21.1. The smallest absolute Gasteiger partial charge is 0.308 e. The molecule has 8 nitrogen and oxygen atoms in total. The minimum Gasteiger partial charge on any atom is -0.469 e. The zero-order chi connectivity index (χ0) is 22.2. The van der Waals surface area contributed by atoms with Crippen LogP contribution in [-0.4, -0.2) is 87.6 Å². The number of likely N-dealkylation sites (tertiary alicyclic amines) is 1. The molecule has 0 spiro atoms. The zero-order valence-electron chi connectivity index (χ0n) is 18.8. The number of esters is 1. The summed E-state index contributed by atoms with van der Waals surface area (Å²) < 4.78 is 17.9. The van der Waals surface area contributed by atoms with E-state index in [2.05, 4.69) is 20.1 Å². The van der Waals surface area contributed by atoms with E-state index in [1.54, 1.807) is 19.2 Å². The standard InChI is InChI=1S/C22H32FN5O3.HI/c1-24-22(28-11-8-17(9-12-28)21(30)31-2)25-10-7-20(29)27-15-13-26(14-16-27)19-5-3-18(23)4-6-19;/h3-6,17H,7-16H2,1-2H3,(H,24,25);1H. The Hall–Kier alpha value is -2.11. The number of aliphatic imine (C=N–C) groups is 1. The second kappa shape index (κ2) is 12.8. The van der Waals surface area contributed by atoms with E-state index in [1.807, 2.05) is 4.90 Å². The maximum Gasteiger partial charge on any atom is 0.308 e. The van der Waals surface area contributed by atoms with E-state index >= 15 is 0 Å². The molecule has 0 unspecified atom stereocenters. The number of ether oxygens (including phenoxy) is 1. The lowest BCUT2D eigenvalue weighted by Gasteiger charge is -2.36. The van der Waals surface area contributed by atoms with Crippen LogP contribution in [0.4, 0.5) is 10.1 Å². The van der Waals surface area contributed by atoms with Crippen molar-refractivity contribution in [2.24, 2.45) is 10.9 Å². The van der Waals surface area contributed by atoms with Gasteiger partial charge in [-0.15, -0.1) is 24.0 Å². The number of carbonyl (C=O) groups is 2. The van der Waals surface area contributed by atoms with E-state index in [1.165, 1.54) is 19.2 Å². The van der Waals surface area contributed by atoms with Gasteiger partial charge in [0.1, 0.15) is 5.82 Å². The van der Waals surface area contributed by atoms with E-state index in [0.717, 1.165) is 50.7 Å². The molecule has 2 aliphatic heterocycles. The highest BCUT2D eigenvalue weighted by molar-refractivity contribution is 14.0. The Morgan fingerprint density at radius 3 is 2.25 bits per heavy atom. The minimum atomic E-state index is -0.243. The molecular weight excluding hydrogens is 528 g/mol. The number of anilines is 1. The molecule has 10 heteroatoms. The van der Waals surface area contributed by atoms with Crippen molar-refractivity contribution < 1.29 is 18.7 Å². The average Bonchev–Trinajstić information content (AvgIpc) is 2.82. The number of piperidine rings is 1. The van der Waals surface area contributed by atoms with Crippen LogP contribution in [0.15, 0.2) is 29.3 Å². The number of piperazine rings is 1. The van der Waals surface area contributed by atoms with Crippen LogP contribution in [0.1, 0.15) is 19.3 Å². The Morgan fingerprint density at radius 2 is 1.69 bits per heavy atom. The lowest BCUT2D eigenvalue weighted by atomic mass is 9.97. The number of nitrogens with one attached hydrogen (secondary N) is 1. The number of methoxy groups -OCH3 is 1. The number of nitrogens with zero attached hydrogens (tertiary/aromatic N) is 4. The summed E-state index contributed by atoms with van der Waals surface area (Å²) in [4.78, 5) is 34.8. The topological polar surface area (TPSA) is 77.5 Å². The third kappa shape index (κ3) is 6.94. The Balaban J connectivity index is 0.00000363. The maximum absolute atomic E-state index is 13.1. The van der Waals surface area contributed by atoms with Crippen LogP contribution in [-0.2, 0) is 14.3 Å². The highest BCUT2D eigenvalue weighted by Crippen LogP contribution is 2.19. The van der Waals surface area contributed by atoms with Crippen LogP contribution in [0.3, 0.4) is 0 Å². The first kappa shape index (κ1) is 26.1. The third-order valence-corrected chi connectivity index (χ3v) is 5.99. The van der Waals surface area contributed by atoms with Gasteiger partial charge in [-0.3, -0.25) is 14.6 Å². The van der Waals surface area contributed by atoms with Gasteiger partial charge in [0.05, 0.1) is 13.0 Å². The number of rotatable bonds is 5. The van der Waals surface area contributed by atoms with Gasteiger partial charge in [-0.25, -0.2) is 4.39 Å². The van der Waals surface area contributed by atoms with Gasteiger partial charge >= 0.3 is 5.97 Å². The van der Waals surface area contributed by atoms with Crippen molar-refractivity contribution in [3.63, 3.8) is 0 Å². The van der Waals surface area contributed by atoms with Crippen LogP contribution in [0.5, 0.6) is 0 Å². The third-order valence-electron chi connectivity index (χ3n) is 5.99. The van der Waals surface area contributed by atoms with Crippen LogP contribution in [0.2, 0.25) is 0 Å². The first-order valence-corrected chi connectivity index (χ1v) is 10.8. The summed E-state index contributed by atoms with van der Waals surface area (Å²) in [7, 11) is 3.15. The molecule has 178 valence electrons. The summed E-state index contributed by atoms with van der Waals surface area (Å²) in [5.74, 6) is 0.443. The lowest BCUT2D eigenvalue weighted by molar-refractivity contribution is -0.146. The number of amides is 1. The van der Waals surface area contributed by atoms with Gasteiger partial charge in [0.2, 0.25) is 5.91 Å². The fourth-order valence-electron chi connectivity index (χ4n) is 4.13. The van der Waals surface area contributed by atoms with Gasteiger partial charge in [0.25, 0.3) is 0 Å². The van der Waals surface area contributed by atoms with Crippen LogP contribution in [0, 0.1) is 11.7 Å². The second-order valence-electron chi connectivity index (χ2n) is 7.85. The van der Waals surface area contributed by atoms with Gasteiger partial charge in [-0.1, -0.05) is 0 Å². The van der Waals surface area contributed by atoms with Crippen LogP contribution in [0.25, 0.3) is 0 Å². The molecule has 2 fully saturated rings. The highest BCUT2D eigenvalue weighted by Gasteiger charge is 2.27. The van der Waals surface area contributed by atoms with Crippen molar-refractivity contribution >= 4 is 47.5 Å². The predicted octanol–water partition coefficient (Wildman–Crippen LogP) is 1.94. The van der Waals surface area contributed by atoms with E-state index in [0.29, 0.717) is 26.1 Å². The first-order valence-electron chi connectivity index (χ1n) is 10.8. The largest absolute Gasteiger partial charge is 0.469 e. The van der Waals surface area contributed by atoms with Crippen molar-refractivity contribution in [3.05, 3.63) is 30.1 Å². The molecule has 32 heavy (non-hydrogen) atoms. The number of halogens is 2. The number of hydrogen-bond donors (Lipinski definition) is 1. The molecule has 2 heterocycles. The Bertz CT molecular complexity index is 776. The molecule has 0 saturated carbocycles. The van der Waals surface area contributed by atoms with Crippen molar-refractivity contribution in [2.45, 2.75) is 19.3 Å². The summed E-state index contributed by atoms with van der Waals surface area (Å²) in [5, 5.41) is 3.27. The summed E-state index contributed by atoms with van der Waals surface area (Å²) in [6, 6.07) is 6.47. The van der Waals surface area contributed by atoms with Crippen LogP contribution < -0.4 is 10.2 Å². The van der Waals surface area contributed by atoms with Crippen molar-refractivity contribution in [1.82, 2.24) is 15.1 Å². The van der Waals surface area contributed by atoms with E-state index in [9.17, 15) is 14.0 Å². The molecule has 0 aliphatic carbocycles. The Morgan fingerprint density at radius 1 is 1.06 bits per heavy atom. The Kier molecular flexibility index (Phi) is 10.5. The van der Waals surface area contributed by atoms with E-state index in [-0.39, 0.29) is 47.6 Å². The molecule has 0 radical (unpaired) electrons. The van der Waals surface area contributed by atoms with Gasteiger partial charge in [-0.05, 0) is 37.1 Å². The summed E-state index contributed by atoms with van der Waals surface area (Å²) in [6.07, 6.45) is 1.88. The molecule has 0 atom stereocenters. The molecule has 1 N–H and O–H groups in total. The van der Waals surface area contributed by atoms with Gasteiger partial charge < -0.3 is 24.8 Å². The number of hydrogen-bond acceptors (Lipinski definition) is 5. The summed E-state index contributed by atoms with van der Waals surface area (Å²) in [5.41, 5.74) is 0.981. The molecule has 0 bridgehead atoms. The molecule has 1 aromatic rings. The highest BCUT2D eigenvalue weighted by atomic mass is 127. The van der Waals surface area contributed by atoms with Crippen molar-refractivity contribution in [3.8, 4) is 0 Å². The average molecular weight is 561 g/mol. The van der Waals surface area contributed by atoms with Gasteiger partial charge in [0, 0.05) is 65.0 Å². The molecule has 3 rings (SSSR count). The SMILES string of the molecule is CN=C(NCCC(=O)N1CCN(c2ccc(F)cc2)CC1)N1CCC(C(=O)OC)CC1.I. The number of carbonyl (C=O) groups excluding carboxylic acids is 2. The number of benzene rings is 1. The summed E-state index contributed by atoms with van der Waals surface area (Å²) in [6.45, 7) is 4.78. The molecular formula is C22H33FIN5O3. The van der Waals surface area contributed by atoms with Gasteiger partial charge in [-0.2, -0.15) is 0 Å². The second-order valence-corrected chi connectivity index (χ2v) is 7.85. The number of guanidine groups is 1. The van der Waals surface area contributed by atoms with E-state index < -0.39 is 0 Å². The Labute approximate surface area is 206 Å². The maximum atomic E-state index is 13.1. The van der Waals surface area contributed by atoms with E-state index in [4.69, 9.17) is 4.74 Å². The minimum absolute atomic E-state index is 0. The quantitative estimate of drug-likeness (QED) is 0.257. The fraction of sp³-hybridized carbons (Fsp3) is 0.591. The van der Waals surface area contributed by atoms with Crippen LogP contribution >= 0.6 is 24.0 Å². The normalized spacial score (nSPS) is 17.6. The lowest BCUT2D eigenvalue weighted by Crippen LogP contribution is -2.50. The molecule has 2 aliphatic rings. The monoisotopic (exact) mass is 561 g/mol. The van der Waals surface area contributed by atoms with Crippen molar-refractivity contribution in [1.29, 1.82) is 0 Å². The summed E-state index contributed by atoms with van der Waals surface area (Å²) >= 11 is 0. The molecule has 1 aromatic carbocycles. The van der Waals surface area contributed by atoms with Gasteiger partial charge in [0.15, 0.2) is 5.96 Å². The predicted molar refractivity (Wildman–Crippen MR) is 133 cm³/mol. The first-order chi connectivity index (χ1) is 15.0. The molecule has 2 saturated heterocycles. The molecule has 1 amide bonds. The fourth-order valence-corrected chi connectivity index (χ4v) is 4.13.